The summed E-state index contributed by atoms with van der Waals surface area (Å²) in [6.07, 6.45) is 3.30. The van der Waals surface area contributed by atoms with E-state index in [0.717, 1.165) is 5.56 Å². The second kappa shape index (κ2) is 6.57. The number of aromatic nitrogens is 3. The van der Waals surface area contributed by atoms with Gasteiger partial charge in [-0.3, -0.25) is 4.98 Å². The third-order valence-corrected chi connectivity index (χ3v) is 3.80. The van der Waals surface area contributed by atoms with E-state index in [4.69, 9.17) is 4.74 Å². The first-order chi connectivity index (χ1) is 12.8. The van der Waals surface area contributed by atoms with Gasteiger partial charge in [-0.05, 0) is 36.4 Å². The smallest absolute Gasteiger partial charge is 0.230 e. The number of hydrogen-bond donors (Lipinski definition) is 0. The molecular formula is C20H11FN4O. The zero-order valence-electron chi connectivity index (χ0n) is 13.4. The number of nitrogens with zero attached hydrogens (tertiary/aromatic N) is 4. The summed E-state index contributed by atoms with van der Waals surface area (Å²) in [7, 11) is 0. The van der Waals surface area contributed by atoms with Gasteiger partial charge in [0, 0.05) is 18.0 Å². The van der Waals surface area contributed by atoms with Crippen molar-refractivity contribution in [2.75, 3.05) is 0 Å². The largest absolute Gasteiger partial charge is 0.437 e. The van der Waals surface area contributed by atoms with Gasteiger partial charge in [-0.2, -0.15) is 10.2 Å². The van der Waals surface area contributed by atoms with Crippen LogP contribution in [0.25, 0.3) is 22.3 Å². The number of benzene rings is 2. The fourth-order valence-corrected chi connectivity index (χ4v) is 2.56. The maximum atomic E-state index is 13.9. The molecule has 0 saturated carbocycles. The predicted molar refractivity (Wildman–Crippen MR) is 94.0 cm³/mol. The van der Waals surface area contributed by atoms with Crippen LogP contribution >= 0.6 is 0 Å². The number of nitriles is 1. The number of pyridine rings is 1. The molecule has 5 nitrogen and oxygen atoms in total. The van der Waals surface area contributed by atoms with E-state index in [-0.39, 0.29) is 17.2 Å². The number of fused-ring (bicyclic) bond motifs is 1. The highest BCUT2D eigenvalue weighted by molar-refractivity contribution is 5.85. The van der Waals surface area contributed by atoms with Crippen LogP contribution in [0, 0.1) is 17.1 Å². The van der Waals surface area contributed by atoms with E-state index >= 15 is 0 Å². The molecule has 0 aliphatic heterocycles. The number of rotatable bonds is 3. The van der Waals surface area contributed by atoms with Crippen molar-refractivity contribution in [1.29, 1.82) is 5.26 Å². The molecule has 124 valence electrons. The van der Waals surface area contributed by atoms with Gasteiger partial charge in [0.25, 0.3) is 0 Å². The first-order valence-electron chi connectivity index (χ1n) is 7.80. The van der Waals surface area contributed by atoms with Crippen LogP contribution < -0.4 is 4.74 Å². The molecule has 0 bridgehead atoms. The monoisotopic (exact) mass is 342 g/mol. The van der Waals surface area contributed by atoms with E-state index in [1.54, 1.807) is 24.5 Å². The highest BCUT2D eigenvalue weighted by Gasteiger charge is 2.15. The molecular weight excluding hydrogens is 331 g/mol. The first-order valence-corrected chi connectivity index (χ1v) is 7.80. The van der Waals surface area contributed by atoms with Gasteiger partial charge in [0.1, 0.15) is 23.2 Å². The average molecular weight is 342 g/mol. The predicted octanol–water partition coefficient (Wildman–Crippen LogP) is 4.49. The quantitative estimate of drug-likeness (QED) is 0.548. The van der Waals surface area contributed by atoms with Crippen molar-refractivity contribution in [3.8, 4) is 29.1 Å². The summed E-state index contributed by atoms with van der Waals surface area (Å²) in [5.74, 6) is 0.176. The third-order valence-electron chi connectivity index (χ3n) is 3.80. The molecule has 2 aromatic heterocycles. The Bertz CT molecular complexity index is 1140. The SMILES string of the molecule is N#Cc1c(F)cccc1Oc1nc(-c2ccncc2)nc2ccccc12. The normalized spacial score (nSPS) is 10.5. The molecule has 26 heavy (non-hydrogen) atoms. The van der Waals surface area contributed by atoms with Crippen LogP contribution in [0.15, 0.2) is 67.0 Å². The Balaban J connectivity index is 1.89. The summed E-state index contributed by atoms with van der Waals surface area (Å²) in [5, 5.41) is 9.88. The van der Waals surface area contributed by atoms with E-state index < -0.39 is 5.82 Å². The van der Waals surface area contributed by atoms with Gasteiger partial charge in [-0.25, -0.2) is 9.37 Å². The minimum Gasteiger partial charge on any atom is -0.437 e. The fraction of sp³-hybridized carbons (Fsp3) is 0. The number of hydrogen-bond acceptors (Lipinski definition) is 5. The van der Waals surface area contributed by atoms with Crippen molar-refractivity contribution < 1.29 is 9.13 Å². The van der Waals surface area contributed by atoms with Crippen LogP contribution in [0.4, 0.5) is 4.39 Å². The number of para-hydroxylation sites is 1. The minimum atomic E-state index is -0.641. The maximum Gasteiger partial charge on any atom is 0.230 e. The summed E-state index contributed by atoms with van der Waals surface area (Å²) >= 11 is 0. The molecule has 0 aliphatic rings. The molecule has 0 saturated heterocycles. The van der Waals surface area contributed by atoms with Crippen LogP contribution in [0.2, 0.25) is 0 Å². The lowest BCUT2D eigenvalue weighted by Gasteiger charge is -2.11. The zero-order valence-corrected chi connectivity index (χ0v) is 13.4. The van der Waals surface area contributed by atoms with E-state index in [9.17, 15) is 9.65 Å². The van der Waals surface area contributed by atoms with Crippen molar-refractivity contribution in [3.05, 3.63) is 78.4 Å². The summed E-state index contributed by atoms with van der Waals surface area (Å²) in [4.78, 5) is 13.0. The standard InChI is InChI=1S/C20H11FN4O/c21-16-5-3-7-18(15(16)12-22)26-20-14-4-1-2-6-17(14)24-19(25-20)13-8-10-23-11-9-13/h1-11H. The highest BCUT2D eigenvalue weighted by atomic mass is 19.1. The maximum absolute atomic E-state index is 13.9. The van der Waals surface area contributed by atoms with Crippen LogP contribution in [-0.2, 0) is 0 Å². The van der Waals surface area contributed by atoms with Crippen molar-refractivity contribution in [2.24, 2.45) is 0 Å². The van der Waals surface area contributed by atoms with Gasteiger partial charge in [0.05, 0.1) is 10.9 Å². The van der Waals surface area contributed by atoms with E-state index in [1.165, 1.54) is 18.2 Å². The molecule has 0 aliphatic carbocycles. The molecule has 2 aromatic carbocycles. The van der Waals surface area contributed by atoms with Gasteiger partial charge in [0.2, 0.25) is 5.88 Å². The van der Waals surface area contributed by atoms with Gasteiger partial charge < -0.3 is 4.74 Å². The molecule has 4 rings (SSSR count). The molecule has 0 unspecified atom stereocenters. The van der Waals surface area contributed by atoms with Gasteiger partial charge in [0.15, 0.2) is 5.82 Å². The Morgan fingerprint density at radius 2 is 1.73 bits per heavy atom. The van der Waals surface area contributed by atoms with Crippen LogP contribution in [-0.4, -0.2) is 15.0 Å². The van der Waals surface area contributed by atoms with Gasteiger partial charge in [-0.15, -0.1) is 0 Å². The third kappa shape index (κ3) is 2.82. The van der Waals surface area contributed by atoms with Crippen molar-refractivity contribution in [2.45, 2.75) is 0 Å². The summed E-state index contributed by atoms with van der Waals surface area (Å²) in [6, 6.07) is 17.0. The Hall–Kier alpha value is -3.85. The molecule has 0 radical (unpaired) electrons. The lowest BCUT2D eigenvalue weighted by atomic mass is 10.2. The summed E-state index contributed by atoms with van der Waals surface area (Å²) in [6.45, 7) is 0. The average Bonchev–Trinajstić information content (AvgIpc) is 2.69. The summed E-state index contributed by atoms with van der Waals surface area (Å²) < 4.78 is 19.7. The minimum absolute atomic E-state index is 0.108. The topological polar surface area (TPSA) is 71.7 Å². The van der Waals surface area contributed by atoms with Gasteiger partial charge in [-0.1, -0.05) is 18.2 Å². The second-order valence-corrected chi connectivity index (χ2v) is 5.43. The Morgan fingerprint density at radius 3 is 2.54 bits per heavy atom. The Kier molecular flexibility index (Phi) is 3.96. The Morgan fingerprint density at radius 1 is 0.923 bits per heavy atom. The summed E-state index contributed by atoms with van der Waals surface area (Å²) in [5.41, 5.74) is 1.29. The molecule has 0 atom stereocenters. The Labute approximate surface area is 148 Å². The molecule has 0 N–H and O–H groups in total. The highest BCUT2D eigenvalue weighted by Crippen LogP contribution is 2.32. The second-order valence-electron chi connectivity index (χ2n) is 5.43. The fourth-order valence-electron chi connectivity index (χ4n) is 2.56. The molecule has 0 spiro atoms. The van der Waals surface area contributed by atoms with E-state index in [1.807, 2.05) is 30.3 Å². The zero-order chi connectivity index (χ0) is 17.9. The molecule has 0 fully saturated rings. The van der Waals surface area contributed by atoms with Crippen molar-refractivity contribution in [1.82, 2.24) is 15.0 Å². The van der Waals surface area contributed by atoms with E-state index in [0.29, 0.717) is 16.7 Å². The van der Waals surface area contributed by atoms with Crippen LogP contribution in [0.1, 0.15) is 5.56 Å². The van der Waals surface area contributed by atoms with Gasteiger partial charge >= 0.3 is 0 Å². The molecule has 6 heteroatoms. The molecule has 2 heterocycles. The lowest BCUT2D eigenvalue weighted by molar-refractivity contribution is 0.461. The van der Waals surface area contributed by atoms with Crippen molar-refractivity contribution >= 4 is 10.9 Å². The molecule has 0 amide bonds. The lowest BCUT2D eigenvalue weighted by Crippen LogP contribution is -1.98. The van der Waals surface area contributed by atoms with Crippen LogP contribution in [0.5, 0.6) is 11.6 Å². The first kappa shape index (κ1) is 15.7. The van der Waals surface area contributed by atoms with E-state index in [2.05, 4.69) is 15.0 Å². The number of halogens is 1. The number of ether oxygens (including phenoxy) is 1. The van der Waals surface area contributed by atoms with Crippen LogP contribution in [0.3, 0.4) is 0 Å². The van der Waals surface area contributed by atoms with Crippen molar-refractivity contribution in [3.63, 3.8) is 0 Å². The molecule has 4 aromatic rings.